The fraction of sp³-hybridized carbons (Fsp3) is 0.351. The minimum atomic E-state index is -3.97. The van der Waals surface area contributed by atoms with Crippen LogP contribution < -0.4 is 10.2 Å². The molecule has 264 valence electrons. The van der Waals surface area contributed by atoms with Crippen molar-refractivity contribution in [3.63, 3.8) is 0 Å². The van der Waals surface area contributed by atoms with Gasteiger partial charge in [-0.1, -0.05) is 42.5 Å². The van der Waals surface area contributed by atoms with E-state index in [9.17, 15) is 23.1 Å². The van der Waals surface area contributed by atoms with Crippen LogP contribution in [0.5, 0.6) is 5.75 Å². The highest BCUT2D eigenvalue weighted by Crippen LogP contribution is 2.32. The molecule has 1 aromatic heterocycles. The molecule has 0 aliphatic carbocycles. The van der Waals surface area contributed by atoms with Crippen LogP contribution in [0, 0.1) is 0 Å². The third-order valence-corrected chi connectivity index (χ3v) is 10.9. The van der Waals surface area contributed by atoms with E-state index in [-0.39, 0.29) is 48.1 Å². The van der Waals surface area contributed by atoms with Crippen molar-refractivity contribution >= 4 is 26.9 Å². The minimum absolute atomic E-state index is 0.0449. The van der Waals surface area contributed by atoms with Crippen LogP contribution in [0.4, 0.5) is 0 Å². The first-order chi connectivity index (χ1) is 24.3. The Labute approximate surface area is 291 Å². The molecule has 2 aliphatic heterocycles. The summed E-state index contributed by atoms with van der Waals surface area (Å²) in [4.78, 5) is 31.5. The van der Waals surface area contributed by atoms with Crippen molar-refractivity contribution in [2.75, 3.05) is 59.6 Å². The Kier molecular flexibility index (Phi) is 11.3. The lowest BCUT2D eigenvalue weighted by molar-refractivity contribution is -0.154. The molecule has 0 unspecified atom stereocenters. The van der Waals surface area contributed by atoms with E-state index in [0.29, 0.717) is 48.5 Å². The van der Waals surface area contributed by atoms with E-state index in [2.05, 4.69) is 17.0 Å². The van der Waals surface area contributed by atoms with Crippen LogP contribution in [0.2, 0.25) is 0 Å². The largest absolute Gasteiger partial charge is 0.497 e. The number of hydrogen-bond donors (Lipinski definition) is 1. The molecule has 0 bridgehead atoms. The van der Waals surface area contributed by atoms with Gasteiger partial charge in [-0.25, -0.2) is 8.42 Å². The molecular weight excluding hydrogens is 662 g/mol. The lowest BCUT2D eigenvalue weighted by atomic mass is 9.93. The van der Waals surface area contributed by atoms with Gasteiger partial charge in [0.1, 0.15) is 11.3 Å². The fourth-order valence-corrected chi connectivity index (χ4v) is 7.64. The van der Waals surface area contributed by atoms with Gasteiger partial charge in [-0.15, -0.1) is 0 Å². The van der Waals surface area contributed by atoms with Crippen LogP contribution in [0.3, 0.4) is 0 Å². The van der Waals surface area contributed by atoms with Gasteiger partial charge >= 0.3 is 0 Å². The summed E-state index contributed by atoms with van der Waals surface area (Å²) in [5, 5.41) is 10.1. The van der Waals surface area contributed by atoms with Crippen LogP contribution in [-0.2, 0) is 30.8 Å². The lowest BCUT2D eigenvalue weighted by Crippen LogP contribution is -2.49. The third-order valence-electron chi connectivity index (χ3n) is 8.97. The number of hydrogen-bond acceptors (Lipinski definition) is 10. The second-order valence-corrected chi connectivity index (χ2v) is 14.1. The molecule has 2 atom stereocenters. The summed E-state index contributed by atoms with van der Waals surface area (Å²) < 4.78 is 51.1. The molecule has 4 aromatic rings. The van der Waals surface area contributed by atoms with Crippen LogP contribution in [-0.4, -0.2) is 99.4 Å². The van der Waals surface area contributed by atoms with Crippen molar-refractivity contribution in [2.45, 2.75) is 30.1 Å². The van der Waals surface area contributed by atoms with Gasteiger partial charge in [0.2, 0.25) is 16.3 Å². The Morgan fingerprint density at radius 1 is 0.960 bits per heavy atom. The maximum Gasteiger partial charge on any atom is 0.288 e. The zero-order valence-corrected chi connectivity index (χ0v) is 28.7. The number of piperazine rings is 1. The molecular formula is C37H41N3O9S. The van der Waals surface area contributed by atoms with Gasteiger partial charge < -0.3 is 28.6 Å². The van der Waals surface area contributed by atoms with Gasteiger partial charge in [-0.2, -0.15) is 4.31 Å². The zero-order valence-electron chi connectivity index (χ0n) is 27.8. The highest BCUT2D eigenvalue weighted by Gasteiger charge is 2.34. The van der Waals surface area contributed by atoms with Gasteiger partial charge in [0.15, 0.2) is 11.2 Å². The second-order valence-electron chi connectivity index (χ2n) is 12.2. The SMILES string of the molecule is COc1ccc(S(=O)(=O)N(CCO)CCO[C@H]2C[C@@H](c3coc4ccccc4c3=O)C=C(C(=O)N3CCN(Cc4ccccc4)CC3)O2)cc1. The highest BCUT2D eigenvalue weighted by atomic mass is 32.2. The number of ether oxygens (including phenoxy) is 3. The van der Waals surface area contributed by atoms with E-state index in [1.165, 1.54) is 31.1 Å². The molecule has 0 spiro atoms. The number of aliphatic hydroxyl groups is 1. The van der Waals surface area contributed by atoms with Gasteiger partial charge in [0, 0.05) is 63.7 Å². The Balaban J connectivity index is 1.18. The number of carbonyl (C=O) groups excluding carboxylic acids is 1. The summed E-state index contributed by atoms with van der Waals surface area (Å²) in [5.41, 5.74) is 1.81. The monoisotopic (exact) mass is 703 g/mol. The predicted octanol–water partition coefficient (Wildman–Crippen LogP) is 3.56. The summed E-state index contributed by atoms with van der Waals surface area (Å²) in [7, 11) is -2.48. The molecule has 0 saturated carbocycles. The van der Waals surface area contributed by atoms with Crippen LogP contribution in [0.15, 0.2) is 111 Å². The first kappa shape index (κ1) is 35.3. The van der Waals surface area contributed by atoms with E-state index in [4.69, 9.17) is 18.6 Å². The molecule has 0 radical (unpaired) electrons. The highest BCUT2D eigenvalue weighted by molar-refractivity contribution is 7.89. The first-order valence-corrected chi connectivity index (χ1v) is 18.0. The number of benzene rings is 3. The van der Waals surface area contributed by atoms with Crippen molar-refractivity contribution in [1.29, 1.82) is 0 Å². The lowest BCUT2D eigenvalue weighted by Gasteiger charge is -2.36. The van der Waals surface area contributed by atoms with E-state index >= 15 is 0 Å². The molecule has 12 nitrogen and oxygen atoms in total. The Morgan fingerprint density at radius 3 is 2.40 bits per heavy atom. The molecule has 13 heteroatoms. The van der Waals surface area contributed by atoms with Crippen LogP contribution >= 0.6 is 0 Å². The molecule has 1 N–H and O–H groups in total. The maximum atomic E-state index is 13.9. The van der Waals surface area contributed by atoms with Crippen LogP contribution in [0.1, 0.15) is 23.5 Å². The predicted molar refractivity (Wildman–Crippen MR) is 186 cm³/mol. The van der Waals surface area contributed by atoms with Gasteiger partial charge in [-0.3, -0.25) is 14.5 Å². The van der Waals surface area contributed by atoms with E-state index < -0.39 is 28.8 Å². The summed E-state index contributed by atoms with van der Waals surface area (Å²) in [6, 6.07) is 23.1. The molecule has 3 aromatic carbocycles. The van der Waals surface area contributed by atoms with Gasteiger partial charge in [0.05, 0.1) is 36.9 Å². The Bertz CT molecular complexity index is 1960. The normalized spacial score (nSPS) is 18.5. The van der Waals surface area contributed by atoms with Crippen molar-refractivity contribution in [3.8, 4) is 5.75 Å². The maximum absolute atomic E-state index is 13.9. The number of amides is 1. The molecule has 1 fully saturated rings. The zero-order chi connectivity index (χ0) is 35.1. The minimum Gasteiger partial charge on any atom is -0.497 e. The number of nitrogens with zero attached hydrogens (tertiary/aromatic N) is 3. The number of methoxy groups -OCH3 is 1. The Hall–Kier alpha value is -4.53. The number of aliphatic hydroxyl groups excluding tert-OH is 1. The van der Waals surface area contributed by atoms with Gasteiger partial charge in [0.25, 0.3) is 5.91 Å². The number of fused-ring (bicyclic) bond motifs is 1. The number of sulfonamides is 1. The summed E-state index contributed by atoms with van der Waals surface area (Å²) in [6.45, 7) is 2.44. The number of carbonyl (C=O) groups is 1. The quantitative estimate of drug-likeness (QED) is 0.220. The standard InChI is InChI=1S/C37H41N3O9S/c1-46-29-11-13-30(14-12-29)50(44,45)40(19-21-41)20-22-47-35-24-28(32-26-48-33-10-6-5-9-31(33)36(32)42)23-34(49-35)37(43)39-17-15-38(16-18-39)25-27-7-3-2-4-8-27/h2-14,23,26,28,35,41H,15-22,24-25H2,1H3/t28-,35+/m0/s1. The fourth-order valence-electron chi connectivity index (χ4n) is 6.23. The van der Waals surface area contributed by atoms with Gasteiger partial charge in [-0.05, 0) is 48.0 Å². The van der Waals surface area contributed by atoms with E-state index in [1.54, 1.807) is 47.4 Å². The molecule has 1 amide bonds. The number of para-hydroxylation sites is 1. The summed E-state index contributed by atoms with van der Waals surface area (Å²) >= 11 is 0. The third kappa shape index (κ3) is 8.09. The smallest absolute Gasteiger partial charge is 0.288 e. The summed E-state index contributed by atoms with van der Waals surface area (Å²) in [5.74, 6) is -0.298. The van der Waals surface area contributed by atoms with E-state index in [0.717, 1.165) is 10.8 Å². The van der Waals surface area contributed by atoms with Crippen molar-refractivity contribution < 1.29 is 36.9 Å². The Morgan fingerprint density at radius 2 is 1.68 bits per heavy atom. The molecule has 2 aliphatic rings. The van der Waals surface area contributed by atoms with Crippen LogP contribution in [0.25, 0.3) is 11.0 Å². The average Bonchev–Trinajstić information content (AvgIpc) is 3.15. The molecule has 50 heavy (non-hydrogen) atoms. The average molecular weight is 704 g/mol. The topological polar surface area (TPSA) is 139 Å². The van der Waals surface area contributed by atoms with E-state index in [1.807, 2.05) is 18.2 Å². The van der Waals surface area contributed by atoms with Crippen molar-refractivity contribution in [2.24, 2.45) is 0 Å². The van der Waals surface area contributed by atoms with Crippen molar-refractivity contribution in [3.05, 3.63) is 118 Å². The molecule has 6 rings (SSSR count). The van der Waals surface area contributed by atoms with Crippen molar-refractivity contribution in [1.82, 2.24) is 14.1 Å². The second kappa shape index (κ2) is 16.0. The number of allylic oxidation sites excluding steroid dienone is 1. The summed E-state index contributed by atoms with van der Waals surface area (Å²) in [6.07, 6.45) is 2.30. The molecule has 1 saturated heterocycles. The first-order valence-electron chi connectivity index (χ1n) is 16.6. The molecule has 3 heterocycles. The number of rotatable bonds is 13.